The lowest BCUT2D eigenvalue weighted by Crippen LogP contribution is -2.48. The van der Waals surface area contributed by atoms with Crippen molar-refractivity contribution >= 4 is 12.0 Å². The van der Waals surface area contributed by atoms with Crippen LogP contribution in [-0.4, -0.2) is 52.2 Å². The largest absolute Gasteiger partial charge is 0.450 e. The van der Waals surface area contributed by atoms with Gasteiger partial charge in [-0.2, -0.15) is 0 Å². The molecule has 7 heteroatoms. The first kappa shape index (κ1) is 18.3. The van der Waals surface area contributed by atoms with Gasteiger partial charge in [0.15, 0.2) is 0 Å². The summed E-state index contributed by atoms with van der Waals surface area (Å²) in [7, 11) is 0. The van der Waals surface area contributed by atoms with Gasteiger partial charge in [-0.1, -0.05) is 13.8 Å². The Morgan fingerprint density at radius 3 is 2.58 bits per heavy atom. The van der Waals surface area contributed by atoms with Crippen LogP contribution in [-0.2, 0) is 9.53 Å². The molecule has 2 amide bonds. The van der Waals surface area contributed by atoms with Crippen molar-refractivity contribution in [2.24, 2.45) is 0 Å². The number of imidazole rings is 1. The highest BCUT2D eigenvalue weighted by Crippen LogP contribution is 2.18. The summed E-state index contributed by atoms with van der Waals surface area (Å²) in [6, 6.07) is -0.204. The van der Waals surface area contributed by atoms with Crippen LogP contribution in [0.4, 0.5) is 4.79 Å². The Labute approximate surface area is 143 Å². The number of nitrogens with one attached hydrogen (secondary N) is 1. The maximum atomic E-state index is 12.5. The molecule has 0 unspecified atom stereocenters. The van der Waals surface area contributed by atoms with Gasteiger partial charge in [-0.3, -0.25) is 4.79 Å². The fourth-order valence-electron chi connectivity index (χ4n) is 2.97. The van der Waals surface area contributed by atoms with Gasteiger partial charge in [-0.25, -0.2) is 9.78 Å². The summed E-state index contributed by atoms with van der Waals surface area (Å²) in [6.45, 7) is 9.42. The van der Waals surface area contributed by atoms with Gasteiger partial charge in [0.25, 0.3) is 0 Å². The number of amides is 2. The monoisotopic (exact) mass is 336 g/mol. The number of hydrogen-bond donors (Lipinski definition) is 1. The van der Waals surface area contributed by atoms with Crippen LogP contribution in [0.3, 0.4) is 0 Å². The molecule has 24 heavy (non-hydrogen) atoms. The molecule has 0 aliphatic carbocycles. The number of ether oxygens (including phenoxy) is 1. The second-order valence-electron chi connectivity index (χ2n) is 6.49. The molecule has 2 heterocycles. The van der Waals surface area contributed by atoms with Crippen LogP contribution in [0.1, 0.15) is 58.3 Å². The SMILES string of the molecule is CCOC(=O)N1CCC(NC(=O)[C@H](C)n2ccnc2C(C)C)CC1. The highest BCUT2D eigenvalue weighted by atomic mass is 16.6. The average Bonchev–Trinajstić information content (AvgIpc) is 3.04. The third-order valence-electron chi connectivity index (χ3n) is 4.38. The van der Waals surface area contributed by atoms with E-state index in [0.29, 0.717) is 19.7 Å². The van der Waals surface area contributed by atoms with E-state index < -0.39 is 0 Å². The van der Waals surface area contributed by atoms with Crippen LogP contribution in [0.15, 0.2) is 12.4 Å². The minimum Gasteiger partial charge on any atom is -0.450 e. The molecule has 0 aromatic carbocycles. The molecule has 134 valence electrons. The summed E-state index contributed by atoms with van der Waals surface area (Å²) in [5, 5.41) is 3.10. The van der Waals surface area contributed by atoms with E-state index in [1.165, 1.54) is 0 Å². The lowest BCUT2D eigenvalue weighted by atomic mass is 10.0. The normalized spacial score (nSPS) is 17.0. The van der Waals surface area contributed by atoms with Crippen molar-refractivity contribution in [3.63, 3.8) is 0 Å². The van der Waals surface area contributed by atoms with Crippen molar-refractivity contribution in [1.82, 2.24) is 19.8 Å². The molecule has 0 saturated carbocycles. The summed E-state index contributed by atoms with van der Waals surface area (Å²) >= 11 is 0. The van der Waals surface area contributed by atoms with E-state index in [-0.39, 0.29) is 30.0 Å². The topological polar surface area (TPSA) is 76.5 Å². The van der Waals surface area contributed by atoms with Crippen LogP contribution in [0.25, 0.3) is 0 Å². The van der Waals surface area contributed by atoms with Crippen molar-refractivity contribution < 1.29 is 14.3 Å². The van der Waals surface area contributed by atoms with E-state index in [1.54, 1.807) is 18.0 Å². The smallest absolute Gasteiger partial charge is 0.409 e. The number of aromatic nitrogens is 2. The quantitative estimate of drug-likeness (QED) is 0.895. The van der Waals surface area contributed by atoms with Gasteiger partial charge in [0.1, 0.15) is 11.9 Å². The molecule has 1 aromatic heterocycles. The number of carbonyl (C=O) groups excluding carboxylic acids is 2. The second kappa shape index (κ2) is 8.17. The Morgan fingerprint density at radius 1 is 1.33 bits per heavy atom. The van der Waals surface area contributed by atoms with E-state index in [9.17, 15) is 9.59 Å². The number of piperidine rings is 1. The Kier molecular flexibility index (Phi) is 6.23. The molecule has 0 spiro atoms. The molecule has 7 nitrogen and oxygen atoms in total. The van der Waals surface area contributed by atoms with Crippen LogP contribution < -0.4 is 5.32 Å². The summed E-state index contributed by atoms with van der Waals surface area (Å²) in [6.07, 6.45) is 4.81. The second-order valence-corrected chi connectivity index (χ2v) is 6.49. The fourth-order valence-corrected chi connectivity index (χ4v) is 2.97. The van der Waals surface area contributed by atoms with Crippen molar-refractivity contribution in [2.75, 3.05) is 19.7 Å². The minimum absolute atomic E-state index is 0.00974. The van der Waals surface area contributed by atoms with Crippen molar-refractivity contribution in [2.45, 2.75) is 58.5 Å². The lowest BCUT2D eigenvalue weighted by molar-refractivity contribution is -0.124. The fraction of sp³-hybridized carbons (Fsp3) is 0.706. The lowest BCUT2D eigenvalue weighted by Gasteiger charge is -2.32. The summed E-state index contributed by atoms with van der Waals surface area (Å²) < 4.78 is 6.93. The zero-order valence-corrected chi connectivity index (χ0v) is 15.0. The number of rotatable bonds is 5. The first-order valence-corrected chi connectivity index (χ1v) is 8.68. The summed E-state index contributed by atoms with van der Waals surface area (Å²) in [5.74, 6) is 1.17. The number of nitrogens with zero attached hydrogens (tertiary/aromatic N) is 3. The van der Waals surface area contributed by atoms with Gasteiger partial charge in [0, 0.05) is 37.4 Å². The first-order valence-electron chi connectivity index (χ1n) is 8.68. The molecule has 1 atom stereocenters. The number of hydrogen-bond acceptors (Lipinski definition) is 4. The molecule has 1 aromatic rings. The van der Waals surface area contributed by atoms with Crippen LogP contribution in [0.5, 0.6) is 0 Å². The first-order chi connectivity index (χ1) is 11.4. The average molecular weight is 336 g/mol. The van der Waals surface area contributed by atoms with Crippen molar-refractivity contribution in [3.8, 4) is 0 Å². The number of likely N-dealkylation sites (tertiary alicyclic amines) is 1. The van der Waals surface area contributed by atoms with E-state index in [2.05, 4.69) is 24.1 Å². The van der Waals surface area contributed by atoms with Crippen LogP contribution in [0, 0.1) is 0 Å². The van der Waals surface area contributed by atoms with E-state index in [4.69, 9.17) is 4.74 Å². The molecule has 0 radical (unpaired) electrons. The third-order valence-corrected chi connectivity index (χ3v) is 4.38. The summed E-state index contributed by atoms with van der Waals surface area (Å²) in [5.41, 5.74) is 0. The van der Waals surface area contributed by atoms with E-state index in [1.807, 2.05) is 17.7 Å². The molecule has 1 N–H and O–H groups in total. The van der Waals surface area contributed by atoms with Gasteiger partial charge in [-0.15, -0.1) is 0 Å². The van der Waals surface area contributed by atoms with Crippen LogP contribution >= 0.6 is 0 Å². The van der Waals surface area contributed by atoms with Gasteiger partial charge in [0.05, 0.1) is 6.61 Å². The van der Waals surface area contributed by atoms with Crippen LogP contribution in [0.2, 0.25) is 0 Å². The van der Waals surface area contributed by atoms with E-state index in [0.717, 1.165) is 18.7 Å². The zero-order chi connectivity index (χ0) is 17.7. The maximum absolute atomic E-state index is 12.5. The Morgan fingerprint density at radius 2 is 2.00 bits per heavy atom. The molecule has 1 aliphatic rings. The predicted octanol–water partition coefficient (Wildman–Crippen LogP) is 2.30. The van der Waals surface area contributed by atoms with Crippen molar-refractivity contribution in [1.29, 1.82) is 0 Å². The Bertz CT molecular complexity index is 562. The minimum atomic E-state index is -0.298. The molecular formula is C17H28N4O3. The standard InChI is InChI=1S/C17H28N4O3/c1-5-24-17(23)20-9-6-14(7-10-20)19-16(22)13(4)21-11-8-18-15(21)12(2)3/h8,11-14H,5-7,9-10H2,1-4H3,(H,19,22)/t13-/m0/s1. The predicted molar refractivity (Wildman–Crippen MR) is 90.8 cm³/mol. The zero-order valence-electron chi connectivity index (χ0n) is 15.0. The van der Waals surface area contributed by atoms with E-state index >= 15 is 0 Å². The van der Waals surface area contributed by atoms with Gasteiger partial charge in [0.2, 0.25) is 5.91 Å². The Hall–Kier alpha value is -2.05. The van der Waals surface area contributed by atoms with Gasteiger partial charge in [-0.05, 0) is 26.7 Å². The Balaban J connectivity index is 1.87. The molecule has 1 saturated heterocycles. The molecular weight excluding hydrogens is 308 g/mol. The maximum Gasteiger partial charge on any atom is 0.409 e. The molecule has 1 fully saturated rings. The molecule has 2 rings (SSSR count). The van der Waals surface area contributed by atoms with Gasteiger partial charge < -0.3 is 19.5 Å². The summed E-state index contributed by atoms with van der Waals surface area (Å²) in [4.78, 5) is 30.3. The molecule has 0 bridgehead atoms. The molecule has 1 aliphatic heterocycles. The van der Waals surface area contributed by atoms with Crippen molar-refractivity contribution in [3.05, 3.63) is 18.2 Å². The highest BCUT2D eigenvalue weighted by Gasteiger charge is 2.27. The highest BCUT2D eigenvalue weighted by molar-refractivity contribution is 5.80. The third kappa shape index (κ3) is 4.27. The number of carbonyl (C=O) groups is 2. The van der Waals surface area contributed by atoms with Gasteiger partial charge >= 0.3 is 6.09 Å².